The Labute approximate surface area is 171 Å². The van der Waals surface area contributed by atoms with Crippen LogP contribution < -0.4 is 5.56 Å². The van der Waals surface area contributed by atoms with Crippen LogP contribution in [0, 0.1) is 12.8 Å². The molecule has 144 valence electrons. The normalized spacial score (nSPS) is 17.9. The molecule has 0 fully saturated rings. The van der Waals surface area contributed by atoms with Crippen LogP contribution in [-0.4, -0.2) is 10.8 Å². The Balaban J connectivity index is 0.00000225. The quantitative estimate of drug-likeness (QED) is 0.604. The monoisotopic (exact) mass is 392 g/mol. The van der Waals surface area contributed by atoms with E-state index in [0.29, 0.717) is 0 Å². The van der Waals surface area contributed by atoms with Gasteiger partial charge in [0.05, 0.1) is 5.52 Å². The maximum absolute atomic E-state index is 12.0. The van der Waals surface area contributed by atoms with Crippen LogP contribution in [0.25, 0.3) is 10.9 Å². The van der Waals surface area contributed by atoms with E-state index in [-0.39, 0.29) is 29.3 Å². The Morgan fingerprint density at radius 1 is 1.00 bits per heavy atom. The van der Waals surface area contributed by atoms with Gasteiger partial charge in [0.25, 0.3) is 5.56 Å². The van der Waals surface area contributed by atoms with E-state index in [1.165, 1.54) is 22.3 Å². The Kier molecular flexibility index (Phi) is 5.31. The minimum Gasteiger partial charge on any atom is -0.311 e. The molecule has 2 heterocycles. The first-order chi connectivity index (χ1) is 12.9. The number of hydrogen-bond acceptors (Lipinski definition) is 2. The van der Waals surface area contributed by atoms with Gasteiger partial charge in [-0.2, -0.15) is 0 Å². The van der Waals surface area contributed by atoms with Crippen molar-refractivity contribution in [2.45, 2.75) is 26.2 Å². The lowest BCUT2D eigenvalue weighted by Gasteiger charge is -2.35. The average Bonchev–Trinajstić information content (AvgIpc) is 3.11. The van der Waals surface area contributed by atoms with Crippen molar-refractivity contribution >= 4 is 29.5 Å². The van der Waals surface area contributed by atoms with Gasteiger partial charge in [0.15, 0.2) is 0 Å². The van der Waals surface area contributed by atoms with E-state index in [0.717, 1.165) is 10.9 Å². The second-order valence-electron chi connectivity index (χ2n) is 7.67. The zero-order chi connectivity index (χ0) is 19.2. The van der Waals surface area contributed by atoms with Crippen molar-refractivity contribution in [3.05, 3.63) is 93.4 Å². The maximum atomic E-state index is 12.0. The topological polar surface area (TPSA) is 34.4 Å². The molecule has 0 spiro atoms. The summed E-state index contributed by atoms with van der Waals surface area (Å²) in [6.07, 6.45) is 4.02. The highest BCUT2D eigenvalue weighted by Crippen LogP contribution is 2.44. The summed E-state index contributed by atoms with van der Waals surface area (Å²) < 4.78 is 1.70. The van der Waals surface area contributed by atoms with Crippen LogP contribution in [0.4, 0.5) is 0 Å². The van der Waals surface area contributed by atoms with Crippen LogP contribution in [0.5, 0.6) is 0 Å². The van der Waals surface area contributed by atoms with Gasteiger partial charge >= 0.3 is 0 Å². The molecule has 4 heteroatoms. The standard InChI is InChI=1S/C24H24N2O.ClH/c1-16-5-8-19(9-6-16)24(3,21-15-25-14-17(21)2)20-10-11-22-18(13-20)7-12-23(27)26(22)4;/h5-15,17H,1-4H3;1H. The van der Waals surface area contributed by atoms with Crippen molar-refractivity contribution in [2.75, 3.05) is 0 Å². The number of allylic oxidation sites excluding steroid dienone is 1. The summed E-state index contributed by atoms with van der Waals surface area (Å²) in [5, 5.41) is 1.07. The zero-order valence-corrected chi connectivity index (χ0v) is 17.5. The maximum Gasteiger partial charge on any atom is 0.250 e. The molecule has 0 radical (unpaired) electrons. The molecule has 0 N–H and O–H groups in total. The Morgan fingerprint density at radius 3 is 2.32 bits per heavy atom. The van der Waals surface area contributed by atoms with Crippen molar-refractivity contribution < 1.29 is 0 Å². The largest absolute Gasteiger partial charge is 0.311 e. The van der Waals surface area contributed by atoms with Gasteiger partial charge in [0, 0.05) is 36.9 Å². The van der Waals surface area contributed by atoms with Crippen molar-refractivity contribution in [1.82, 2.24) is 4.57 Å². The molecule has 1 aromatic heterocycles. The lowest BCUT2D eigenvalue weighted by atomic mass is 9.67. The van der Waals surface area contributed by atoms with Gasteiger partial charge in [-0.1, -0.05) is 42.8 Å². The van der Waals surface area contributed by atoms with Crippen LogP contribution in [0.15, 0.2) is 76.2 Å². The van der Waals surface area contributed by atoms with Gasteiger partial charge in [-0.3, -0.25) is 9.79 Å². The van der Waals surface area contributed by atoms with Crippen LogP contribution in [-0.2, 0) is 12.5 Å². The van der Waals surface area contributed by atoms with E-state index in [1.807, 2.05) is 25.5 Å². The molecule has 0 aliphatic carbocycles. The number of nitrogens with zero attached hydrogens (tertiary/aromatic N) is 2. The molecule has 28 heavy (non-hydrogen) atoms. The number of fused-ring (bicyclic) bond motifs is 1. The number of hydrogen-bond donors (Lipinski definition) is 0. The molecule has 0 saturated heterocycles. The second-order valence-corrected chi connectivity index (χ2v) is 7.67. The molecule has 0 amide bonds. The van der Waals surface area contributed by atoms with Crippen molar-refractivity contribution in [3.63, 3.8) is 0 Å². The van der Waals surface area contributed by atoms with Crippen LogP contribution in [0.2, 0.25) is 0 Å². The molecular weight excluding hydrogens is 368 g/mol. The molecule has 0 bridgehead atoms. The highest BCUT2D eigenvalue weighted by Gasteiger charge is 2.36. The molecule has 2 unspecified atom stereocenters. The number of aliphatic imine (C=N–C) groups is 1. The van der Waals surface area contributed by atoms with Crippen LogP contribution in [0.1, 0.15) is 30.5 Å². The Bertz CT molecular complexity index is 1140. The van der Waals surface area contributed by atoms with Gasteiger partial charge in [-0.25, -0.2) is 0 Å². The third-order valence-corrected chi connectivity index (χ3v) is 5.92. The molecule has 1 aliphatic rings. The third kappa shape index (κ3) is 3.10. The SMILES string of the molecule is Cc1ccc(C(C)(C2=CN=CC2C)c2ccc3c(ccc(=O)n3C)c2)cc1.Cl. The van der Waals surface area contributed by atoms with Gasteiger partial charge < -0.3 is 4.57 Å². The van der Waals surface area contributed by atoms with E-state index in [9.17, 15) is 4.79 Å². The first-order valence-electron chi connectivity index (χ1n) is 9.32. The number of rotatable bonds is 3. The summed E-state index contributed by atoms with van der Waals surface area (Å²) in [4.78, 5) is 16.4. The first-order valence-corrected chi connectivity index (χ1v) is 9.32. The Hall–Kier alpha value is -2.65. The van der Waals surface area contributed by atoms with E-state index < -0.39 is 0 Å². The zero-order valence-electron chi connectivity index (χ0n) is 16.6. The number of benzene rings is 2. The molecule has 0 saturated carbocycles. The van der Waals surface area contributed by atoms with Crippen molar-refractivity contribution in [3.8, 4) is 0 Å². The highest BCUT2D eigenvalue weighted by atomic mass is 35.5. The first kappa shape index (κ1) is 20.1. The van der Waals surface area contributed by atoms with E-state index in [2.05, 4.69) is 68.2 Å². The summed E-state index contributed by atoms with van der Waals surface area (Å²) >= 11 is 0. The number of aromatic nitrogens is 1. The van der Waals surface area contributed by atoms with E-state index in [4.69, 9.17) is 0 Å². The summed E-state index contributed by atoms with van der Waals surface area (Å²) in [5.74, 6) is 0.284. The average molecular weight is 393 g/mol. The fourth-order valence-corrected chi connectivity index (χ4v) is 4.12. The summed E-state index contributed by atoms with van der Waals surface area (Å²) in [6, 6.07) is 18.7. The minimum atomic E-state index is -0.285. The fourth-order valence-electron chi connectivity index (χ4n) is 4.12. The summed E-state index contributed by atoms with van der Waals surface area (Å²) in [5.41, 5.74) is 5.67. The molecule has 1 aliphatic heterocycles. The van der Waals surface area contributed by atoms with Gasteiger partial charge in [0.1, 0.15) is 0 Å². The van der Waals surface area contributed by atoms with Gasteiger partial charge in [-0.15, -0.1) is 12.4 Å². The van der Waals surface area contributed by atoms with Gasteiger partial charge in [0.2, 0.25) is 0 Å². The van der Waals surface area contributed by atoms with Crippen molar-refractivity contribution in [2.24, 2.45) is 18.0 Å². The molecule has 3 aromatic rings. The van der Waals surface area contributed by atoms with Crippen LogP contribution >= 0.6 is 12.4 Å². The van der Waals surface area contributed by atoms with E-state index in [1.54, 1.807) is 10.6 Å². The molecular formula is C24H25ClN2O. The molecule has 3 nitrogen and oxygen atoms in total. The predicted octanol–water partition coefficient (Wildman–Crippen LogP) is 5.18. The highest BCUT2D eigenvalue weighted by molar-refractivity contribution is 5.85. The summed E-state index contributed by atoms with van der Waals surface area (Å²) in [6.45, 7) is 6.58. The van der Waals surface area contributed by atoms with Crippen molar-refractivity contribution in [1.29, 1.82) is 0 Å². The number of pyridine rings is 1. The number of halogens is 1. The van der Waals surface area contributed by atoms with E-state index >= 15 is 0 Å². The number of aryl methyl sites for hydroxylation is 2. The van der Waals surface area contributed by atoms with Crippen LogP contribution in [0.3, 0.4) is 0 Å². The minimum absolute atomic E-state index is 0. The second kappa shape index (κ2) is 7.40. The lowest BCUT2D eigenvalue weighted by Crippen LogP contribution is -2.29. The summed E-state index contributed by atoms with van der Waals surface area (Å²) in [7, 11) is 1.82. The predicted molar refractivity (Wildman–Crippen MR) is 120 cm³/mol. The fraction of sp³-hybridized carbons (Fsp3) is 0.250. The van der Waals surface area contributed by atoms with Gasteiger partial charge in [-0.05, 0) is 54.1 Å². The molecule has 2 aromatic carbocycles. The molecule has 4 rings (SSSR count). The Morgan fingerprint density at radius 2 is 1.68 bits per heavy atom. The lowest BCUT2D eigenvalue weighted by molar-refractivity contribution is 0.623. The third-order valence-electron chi connectivity index (χ3n) is 5.92. The molecule has 2 atom stereocenters. The smallest absolute Gasteiger partial charge is 0.250 e.